The van der Waals surface area contributed by atoms with E-state index in [1.165, 1.54) is 6.07 Å². The molecule has 0 radical (unpaired) electrons. The van der Waals surface area contributed by atoms with Crippen LogP contribution in [-0.2, 0) is 0 Å². The van der Waals surface area contributed by atoms with Gasteiger partial charge in [-0.05, 0) is 31.2 Å². The van der Waals surface area contributed by atoms with Gasteiger partial charge in [0.2, 0.25) is 0 Å². The molecule has 0 amide bonds. The van der Waals surface area contributed by atoms with Crippen molar-refractivity contribution in [3.05, 3.63) is 64.3 Å². The lowest BCUT2D eigenvalue weighted by Crippen LogP contribution is -2.00. The van der Waals surface area contributed by atoms with Gasteiger partial charge in [-0.3, -0.25) is 4.79 Å². The standard InChI is InChI=1S/C16H12O3/c1-10-5-6-15-13(7-10)14(18)9-16(19-15)11-3-2-4-12(17)8-11/h2-9,17H,1H3. The van der Waals surface area contributed by atoms with Crippen LogP contribution in [0.1, 0.15) is 5.56 Å². The van der Waals surface area contributed by atoms with Crippen LogP contribution in [0.25, 0.3) is 22.3 Å². The van der Waals surface area contributed by atoms with Crippen molar-refractivity contribution in [3.63, 3.8) is 0 Å². The van der Waals surface area contributed by atoms with E-state index in [-0.39, 0.29) is 11.2 Å². The van der Waals surface area contributed by atoms with Crippen LogP contribution in [0.2, 0.25) is 0 Å². The van der Waals surface area contributed by atoms with Gasteiger partial charge in [-0.25, -0.2) is 0 Å². The maximum absolute atomic E-state index is 12.1. The Kier molecular flexibility index (Phi) is 2.60. The summed E-state index contributed by atoms with van der Waals surface area (Å²) in [7, 11) is 0. The number of hydrogen-bond donors (Lipinski definition) is 1. The highest BCUT2D eigenvalue weighted by atomic mass is 16.3. The monoisotopic (exact) mass is 252 g/mol. The Morgan fingerprint density at radius 3 is 2.68 bits per heavy atom. The lowest BCUT2D eigenvalue weighted by atomic mass is 10.1. The van der Waals surface area contributed by atoms with Crippen LogP contribution in [0.3, 0.4) is 0 Å². The predicted molar refractivity (Wildman–Crippen MR) is 74.3 cm³/mol. The summed E-state index contributed by atoms with van der Waals surface area (Å²) in [4.78, 5) is 12.1. The molecule has 3 aromatic rings. The van der Waals surface area contributed by atoms with E-state index in [1.807, 2.05) is 19.1 Å². The van der Waals surface area contributed by atoms with E-state index in [1.54, 1.807) is 30.3 Å². The molecule has 0 unspecified atom stereocenters. The molecule has 2 aromatic carbocycles. The van der Waals surface area contributed by atoms with E-state index in [2.05, 4.69) is 0 Å². The molecule has 0 bridgehead atoms. The Balaban J connectivity index is 2.27. The topological polar surface area (TPSA) is 50.4 Å². The second-order valence-electron chi connectivity index (χ2n) is 4.52. The van der Waals surface area contributed by atoms with Gasteiger partial charge in [0, 0.05) is 11.6 Å². The predicted octanol–water partition coefficient (Wildman–Crippen LogP) is 3.47. The lowest BCUT2D eigenvalue weighted by Gasteiger charge is -2.04. The third-order valence-electron chi connectivity index (χ3n) is 3.01. The molecule has 1 N–H and O–H groups in total. The first-order valence-electron chi connectivity index (χ1n) is 5.97. The first-order valence-corrected chi connectivity index (χ1v) is 5.97. The molecule has 3 heteroatoms. The smallest absolute Gasteiger partial charge is 0.193 e. The molecule has 0 atom stereocenters. The highest BCUT2D eigenvalue weighted by molar-refractivity contribution is 5.79. The summed E-state index contributed by atoms with van der Waals surface area (Å²) in [6.45, 7) is 1.93. The number of benzene rings is 2. The summed E-state index contributed by atoms with van der Waals surface area (Å²) in [6.07, 6.45) is 0. The minimum atomic E-state index is -0.0803. The Bertz CT molecular complexity index is 816. The molecule has 94 valence electrons. The number of aryl methyl sites for hydroxylation is 1. The van der Waals surface area contributed by atoms with Crippen molar-refractivity contribution < 1.29 is 9.52 Å². The maximum Gasteiger partial charge on any atom is 0.193 e. The van der Waals surface area contributed by atoms with E-state index < -0.39 is 0 Å². The van der Waals surface area contributed by atoms with Crippen molar-refractivity contribution >= 4 is 11.0 Å². The zero-order chi connectivity index (χ0) is 13.4. The van der Waals surface area contributed by atoms with Gasteiger partial charge < -0.3 is 9.52 Å². The second kappa shape index (κ2) is 4.28. The summed E-state index contributed by atoms with van der Waals surface area (Å²) >= 11 is 0. The van der Waals surface area contributed by atoms with Crippen molar-refractivity contribution in [1.82, 2.24) is 0 Å². The van der Waals surface area contributed by atoms with E-state index >= 15 is 0 Å². The molecule has 0 aliphatic carbocycles. The second-order valence-corrected chi connectivity index (χ2v) is 4.52. The van der Waals surface area contributed by atoms with Gasteiger partial charge >= 0.3 is 0 Å². The molecule has 0 aliphatic heterocycles. The van der Waals surface area contributed by atoms with Crippen LogP contribution >= 0.6 is 0 Å². The third kappa shape index (κ3) is 2.10. The number of rotatable bonds is 1. The van der Waals surface area contributed by atoms with Crippen LogP contribution in [0.15, 0.2) is 57.7 Å². The average Bonchev–Trinajstić information content (AvgIpc) is 2.39. The molecular formula is C16H12O3. The highest BCUT2D eigenvalue weighted by Gasteiger charge is 2.07. The molecule has 1 aromatic heterocycles. The SMILES string of the molecule is Cc1ccc2oc(-c3cccc(O)c3)cc(=O)c2c1. The fourth-order valence-corrected chi connectivity index (χ4v) is 2.07. The lowest BCUT2D eigenvalue weighted by molar-refractivity contribution is 0.475. The molecule has 1 heterocycles. The molecule has 3 nitrogen and oxygen atoms in total. The van der Waals surface area contributed by atoms with Crippen LogP contribution in [0, 0.1) is 6.92 Å². The molecule has 19 heavy (non-hydrogen) atoms. The summed E-state index contributed by atoms with van der Waals surface area (Å²) in [6, 6.07) is 13.6. The maximum atomic E-state index is 12.1. The van der Waals surface area contributed by atoms with Crippen molar-refractivity contribution in [2.75, 3.05) is 0 Å². The van der Waals surface area contributed by atoms with E-state index in [9.17, 15) is 9.90 Å². The van der Waals surface area contributed by atoms with Crippen LogP contribution < -0.4 is 5.43 Å². The first kappa shape index (κ1) is 11.5. The van der Waals surface area contributed by atoms with Gasteiger partial charge in [0.1, 0.15) is 17.1 Å². The van der Waals surface area contributed by atoms with Gasteiger partial charge in [0.25, 0.3) is 0 Å². The molecular weight excluding hydrogens is 240 g/mol. The summed E-state index contributed by atoms with van der Waals surface area (Å²) in [5.41, 5.74) is 2.17. The summed E-state index contributed by atoms with van der Waals surface area (Å²) < 4.78 is 5.73. The normalized spacial score (nSPS) is 10.8. The minimum absolute atomic E-state index is 0.0803. The van der Waals surface area contributed by atoms with Crippen molar-refractivity contribution in [3.8, 4) is 17.1 Å². The largest absolute Gasteiger partial charge is 0.508 e. The van der Waals surface area contributed by atoms with Crippen molar-refractivity contribution in [2.24, 2.45) is 0 Å². The third-order valence-corrected chi connectivity index (χ3v) is 3.01. The average molecular weight is 252 g/mol. The Labute approximate surface area is 109 Å². The molecule has 0 spiro atoms. The van der Waals surface area contributed by atoms with Gasteiger partial charge in [-0.2, -0.15) is 0 Å². The zero-order valence-corrected chi connectivity index (χ0v) is 10.4. The number of aromatic hydroxyl groups is 1. The fraction of sp³-hybridized carbons (Fsp3) is 0.0625. The van der Waals surface area contributed by atoms with Gasteiger partial charge in [0.05, 0.1) is 5.39 Å². The number of fused-ring (bicyclic) bond motifs is 1. The van der Waals surface area contributed by atoms with Gasteiger partial charge in [-0.1, -0.05) is 23.8 Å². The summed E-state index contributed by atoms with van der Waals surface area (Å²) in [5.74, 6) is 0.599. The van der Waals surface area contributed by atoms with E-state index in [4.69, 9.17) is 4.42 Å². The quantitative estimate of drug-likeness (QED) is 0.721. The number of phenols is 1. The molecule has 0 saturated heterocycles. The van der Waals surface area contributed by atoms with E-state index in [0.29, 0.717) is 22.3 Å². The first-order chi connectivity index (χ1) is 9.13. The summed E-state index contributed by atoms with van der Waals surface area (Å²) in [5, 5.41) is 10.0. The highest BCUT2D eigenvalue weighted by Crippen LogP contribution is 2.25. The van der Waals surface area contributed by atoms with Crippen molar-refractivity contribution in [2.45, 2.75) is 6.92 Å². The number of hydrogen-bond acceptors (Lipinski definition) is 3. The molecule has 0 aliphatic rings. The Morgan fingerprint density at radius 2 is 1.89 bits per heavy atom. The molecule has 3 rings (SSSR count). The van der Waals surface area contributed by atoms with Gasteiger partial charge in [0.15, 0.2) is 5.43 Å². The van der Waals surface area contributed by atoms with Crippen LogP contribution in [0.4, 0.5) is 0 Å². The Hall–Kier alpha value is -2.55. The Morgan fingerprint density at radius 1 is 1.05 bits per heavy atom. The van der Waals surface area contributed by atoms with Gasteiger partial charge in [-0.15, -0.1) is 0 Å². The minimum Gasteiger partial charge on any atom is -0.508 e. The van der Waals surface area contributed by atoms with E-state index in [0.717, 1.165) is 5.56 Å². The fourth-order valence-electron chi connectivity index (χ4n) is 2.07. The number of phenolic OH excluding ortho intramolecular Hbond substituents is 1. The molecule has 0 saturated carbocycles. The zero-order valence-electron chi connectivity index (χ0n) is 10.4. The van der Waals surface area contributed by atoms with Crippen LogP contribution in [0.5, 0.6) is 5.75 Å². The molecule has 0 fully saturated rings. The van der Waals surface area contributed by atoms with Crippen molar-refractivity contribution in [1.29, 1.82) is 0 Å². The van der Waals surface area contributed by atoms with Crippen LogP contribution in [-0.4, -0.2) is 5.11 Å².